The van der Waals surface area contributed by atoms with E-state index in [0.29, 0.717) is 5.69 Å². The molecule has 1 saturated carbocycles. The molecule has 0 spiro atoms. The van der Waals surface area contributed by atoms with Gasteiger partial charge in [0.1, 0.15) is 6.17 Å². The van der Waals surface area contributed by atoms with Gasteiger partial charge in [0.25, 0.3) is 0 Å². The van der Waals surface area contributed by atoms with Crippen LogP contribution in [0.2, 0.25) is 0 Å². The van der Waals surface area contributed by atoms with E-state index in [1.54, 1.807) is 12.1 Å². The molecule has 22 heavy (non-hydrogen) atoms. The number of rotatable bonds is 4. The Morgan fingerprint density at radius 1 is 1.32 bits per heavy atom. The number of hydrogen-bond acceptors (Lipinski definition) is 4. The van der Waals surface area contributed by atoms with Crippen molar-refractivity contribution in [2.24, 2.45) is 0 Å². The van der Waals surface area contributed by atoms with Gasteiger partial charge in [0.05, 0.1) is 18.6 Å². The Kier molecular flexibility index (Phi) is 3.87. The first-order valence-electron chi connectivity index (χ1n) is 7.42. The number of carbonyl (C=O) groups excluding carboxylic acids is 2. The second-order valence-corrected chi connectivity index (χ2v) is 5.93. The van der Waals surface area contributed by atoms with Gasteiger partial charge >= 0.3 is 5.97 Å². The summed E-state index contributed by atoms with van der Waals surface area (Å²) in [5.74, 6) is -0.449. The normalized spacial score (nSPS) is 25.5. The van der Waals surface area contributed by atoms with Gasteiger partial charge in [-0.2, -0.15) is 0 Å². The summed E-state index contributed by atoms with van der Waals surface area (Å²) >= 11 is 0. The highest BCUT2D eigenvalue weighted by atomic mass is 19.1. The van der Waals surface area contributed by atoms with E-state index in [0.717, 1.165) is 18.4 Å². The molecule has 1 aliphatic carbocycles. The summed E-state index contributed by atoms with van der Waals surface area (Å²) in [7, 11) is 1.39. The van der Waals surface area contributed by atoms with E-state index in [2.05, 4.69) is 10.6 Å². The lowest BCUT2D eigenvalue weighted by Crippen LogP contribution is -2.35. The number of methoxy groups -OCH3 is 1. The average Bonchev–Trinajstić information content (AvgIpc) is 3.22. The van der Waals surface area contributed by atoms with Crippen LogP contribution in [0.5, 0.6) is 0 Å². The zero-order chi connectivity index (χ0) is 15.7. The third-order valence-corrected chi connectivity index (χ3v) is 4.42. The first-order chi connectivity index (χ1) is 10.5. The van der Waals surface area contributed by atoms with Crippen molar-refractivity contribution in [3.05, 3.63) is 29.8 Å². The summed E-state index contributed by atoms with van der Waals surface area (Å²) in [6.45, 7) is 0.221. The van der Waals surface area contributed by atoms with Gasteiger partial charge in [-0.3, -0.25) is 9.59 Å². The van der Waals surface area contributed by atoms with E-state index in [1.165, 1.54) is 7.11 Å². The second-order valence-electron chi connectivity index (χ2n) is 5.93. The molecular formula is C16H19FN2O3. The average molecular weight is 306 g/mol. The maximum Gasteiger partial charge on any atom is 0.316 e. The highest BCUT2D eigenvalue weighted by Gasteiger charge is 2.52. The molecule has 118 valence electrons. The fourth-order valence-electron chi connectivity index (χ4n) is 2.93. The zero-order valence-corrected chi connectivity index (χ0v) is 12.4. The molecular weight excluding hydrogens is 287 g/mol. The van der Waals surface area contributed by atoms with Gasteiger partial charge in [-0.05, 0) is 30.5 Å². The molecule has 1 heterocycles. The molecule has 0 radical (unpaired) electrons. The molecule has 2 fully saturated rings. The van der Waals surface area contributed by atoms with Crippen LogP contribution in [0.25, 0.3) is 0 Å². The molecule has 1 aromatic carbocycles. The van der Waals surface area contributed by atoms with Crippen molar-refractivity contribution >= 4 is 17.6 Å². The summed E-state index contributed by atoms with van der Waals surface area (Å²) in [6, 6.07) is 6.70. The fourth-order valence-corrected chi connectivity index (χ4v) is 2.93. The number of nitrogens with one attached hydrogen (secondary N) is 2. The minimum absolute atomic E-state index is 0.204. The lowest BCUT2D eigenvalue weighted by Gasteiger charge is -2.14. The van der Waals surface area contributed by atoms with Crippen molar-refractivity contribution in [1.82, 2.24) is 5.32 Å². The molecule has 3 rings (SSSR count). The number of anilines is 1. The van der Waals surface area contributed by atoms with Gasteiger partial charge in [-0.15, -0.1) is 0 Å². The molecule has 6 heteroatoms. The Morgan fingerprint density at radius 2 is 2.00 bits per heavy atom. The number of carbonyl (C=O) groups is 2. The molecule has 1 amide bonds. The van der Waals surface area contributed by atoms with Crippen molar-refractivity contribution in [3.63, 3.8) is 0 Å². The van der Waals surface area contributed by atoms with Crippen molar-refractivity contribution < 1.29 is 18.7 Å². The van der Waals surface area contributed by atoms with Crippen LogP contribution in [-0.2, 0) is 19.7 Å². The Bertz CT molecular complexity index is 584. The maximum atomic E-state index is 13.1. The van der Waals surface area contributed by atoms with Crippen LogP contribution in [-0.4, -0.2) is 37.7 Å². The van der Waals surface area contributed by atoms with Crippen LogP contribution >= 0.6 is 0 Å². The third-order valence-electron chi connectivity index (χ3n) is 4.42. The fraction of sp³-hybridized carbons (Fsp3) is 0.500. The van der Waals surface area contributed by atoms with Crippen LogP contribution in [0.3, 0.4) is 0 Å². The molecule has 2 atom stereocenters. The highest BCUT2D eigenvalue weighted by molar-refractivity contribution is 5.95. The minimum Gasteiger partial charge on any atom is -0.468 e. The number of halogens is 1. The number of amides is 1. The Morgan fingerprint density at radius 3 is 2.50 bits per heavy atom. The van der Waals surface area contributed by atoms with E-state index in [9.17, 15) is 14.0 Å². The summed E-state index contributed by atoms with van der Waals surface area (Å²) in [5.41, 5.74) is 1.03. The second kappa shape index (κ2) is 5.68. The summed E-state index contributed by atoms with van der Waals surface area (Å²) in [4.78, 5) is 23.8. The van der Waals surface area contributed by atoms with Crippen molar-refractivity contribution in [1.29, 1.82) is 0 Å². The molecule has 0 unspecified atom stereocenters. The summed E-state index contributed by atoms with van der Waals surface area (Å²) in [5, 5.41) is 5.61. The summed E-state index contributed by atoms with van der Waals surface area (Å²) < 4.78 is 17.9. The smallest absolute Gasteiger partial charge is 0.316 e. The maximum absolute atomic E-state index is 13.1. The van der Waals surface area contributed by atoms with E-state index in [4.69, 9.17) is 4.74 Å². The van der Waals surface area contributed by atoms with E-state index >= 15 is 0 Å². The molecule has 2 N–H and O–H groups in total. The van der Waals surface area contributed by atoms with E-state index < -0.39 is 17.6 Å². The topological polar surface area (TPSA) is 67.4 Å². The SMILES string of the molecule is COC(=O)C1(c2ccc(NC(=O)[C@H]3C[C@H](F)CN3)cc2)CC1. The molecule has 5 nitrogen and oxygen atoms in total. The Hall–Kier alpha value is -1.95. The van der Waals surface area contributed by atoms with Crippen LogP contribution in [0.15, 0.2) is 24.3 Å². The van der Waals surface area contributed by atoms with Crippen molar-refractivity contribution in [3.8, 4) is 0 Å². The monoisotopic (exact) mass is 306 g/mol. The van der Waals surface area contributed by atoms with Gasteiger partial charge in [0.15, 0.2) is 0 Å². The van der Waals surface area contributed by atoms with Gasteiger partial charge in [0, 0.05) is 18.7 Å². The first kappa shape index (κ1) is 15.0. The molecule has 2 aliphatic rings. The van der Waals surface area contributed by atoms with Gasteiger partial charge in [0.2, 0.25) is 5.91 Å². The lowest BCUT2D eigenvalue weighted by atomic mass is 9.96. The Balaban J connectivity index is 1.65. The molecule has 1 saturated heterocycles. The minimum atomic E-state index is -0.965. The van der Waals surface area contributed by atoms with Crippen molar-refractivity contribution in [2.75, 3.05) is 19.0 Å². The van der Waals surface area contributed by atoms with Crippen LogP contribution in [0, 0.1) is 0 Å². The molecule has 0 aromatic heterocycles. The third kappa shape index (κ3) is 2.70. The molecule has 0 bridgehead atoms. The lowest BCUT2D eigenvalue weighted by molar-refractivity contribution is -0.143. The van der Waals surface area contributed by atoms with Gasteiger partial charge in [-0.1, -0.05) is 12.1 Å². The first-order valence-corrected chi connectivity index (χ1v) is 7.42. The van der Waals surface area contributed by atoms with Gasteiger partial charge in [-0.25, -0.2) is 4.39 Å². The molecule has 1 aromatic rings. The van der Waals surface area contributed by atoms with E-state index in [1.807, 2.05) is 12.1 Å². The number of esters is 1. The van der Waals surface area contributed by atoms with Crippen LogP contribution in [0.4, 0.5) is 10.1 Å². The largest absolute Gasteiger partial charge is 0.468 e. The quantitative estimate of drug-likeness (QED) is 0.828. The van der Waals surface area contributed by atoms with Crippen LogP contribution in [0.1, 0.15) is 24.8 Å². The highest BCUT2D eigenvalue weighted by Crippen LogP contribution is 2.49. The van der Waals surface area contributed by atoms with E-state index in [-0.39, 0.29) is 24.8 Å². The molecule has 1 aliphatic heterocycles. The zero-order valence-electron chi connectivity index (χ0n) is 12.4. The van der Waals surface area contributed by atoms with Gasteiger partial charge < -0.3 is 15.4 Å². The van der Waals surface area contributed by atoms with Crippen molar-refractivity contribution in [2.45, 2.75) is 36.9 Å². The Labute approximate surface area is 128 Å². The number of benzene rings is 1. The number of ether oxygens (including phenoxy) is 1. The standard InChI is InChI=1S/C16H19FN2O3/c1-22-15(21)16(6-7-16)10-2-4-12(5-3-10)19-14(20)13-8-11(17)9-18-13/h2-5,11,13,18H,6-9H2,1H3,(H,19,20)/t11-,13+/m0/s1. The predicted octanol–water partition coefficient (Wildman–Crippen LogP) is 1.53. The predicted molar refractivity (Wildman–Crippen MR) is 79.3 cm³/mol. The number of alkyl halides is 1. The number of hydrogen-bond donors (Lipinski definition) is 2. The van der Waals surface area contributed by atoms with Crippen LogP contribution < -0.4 is 10.6 Å². The summed E-state index contributed by atoms with van der Waals surface area (Å²) in [6.07, 6.45) is 0.813.